The Morgan fingerprint density at radius 2 is 2.21 bits per heavy atom. The first-order valence-electron chi connectivity index (χ1n) is 8.23. The minimum absolute atomic E-state index is 0.0968. The molecule has 0 atom stereocenters. The molecule has 0 saturated heterocycles. The SMILES string of the molecule is CCCCn1c(SCC(=O)c2c[nH]c3ncccc23)nc(C)c1C. The van der Waals surface area contributed by atoms with Crippen LogP contribution in [0.15, 0.2) is 29.7 Å². The molecule has 0 aliphatic carbocycles. The molecule has 0 fully saturated rings. The van der Waals surface area contributed by atoms with Crippen LogP contribution in [0.2, 0.25) is 0 Å². The fraction of sp³-hybridized carbons (Fsp3) is 0.389. The first-order valence-corrected chi connectivity index (χ1v) is 9.22. The third kappa shape index (κ3) is 3.24. The maximum absolute atomic E-state index is 12.6. The molecular formula is C18H22N4OS. The lowest BCUT2D eigenvalue weighted by Crippen LogP contribution is -2.06. The Balaban J connectivity index is 1.76. The summed E-state index contributed by atoms with van der Waals surface area (Å²) in [5.41, 5.74) is 3.68. The number of fused-ring (bicyclic) bond motifs is 1. The molecule has 1 N–H and O–H groups in total. The lowest BCUT2D eigenvalue weighted by atomic mass is 10.1. The third-order valence-electron chi connectivity index (χ3n) is 4.24. The first kappa shape index (κ1) is 16.8. The average Bonchev–Trinajstić information content (AvgIpc) is 3.13. The Morgan fingerprint density at radius 1 is 1.38 bits per heavy atom. The van der Waals surface area contributed by atoms with E-state index in [4.69, 9.17) is 0 Å². The van der Waals surface area contributed by atoms with E-state index in [0.29, 0.717) is 11.3 Å². The lowest BCUT2D eigenvalue weighted by molar-refractivity contribution is 0.102. The quantitative estimate of drug-likeness (QED) is 0.517. The van der Waals surface area contributed by atoms with Gasteiger partial charge in [-0.2, -0.15) is 0 Å². The van der Waals surface area contributed by atoms with Gasteiger partial charge in [0.25, 0.3) is 0 Å². The highest BCUT2D eigenvalue weighted by atomic mass is 32.2. The molecule has 5 nitrogen and oxygen atoms in total. The van der Waals surface area contributed by atoms with Crippen LogP contribution in [0.25, 0.3) is 11.0 Å². The van der Waals surface area contributed by atoms with E-state index in [2.05, 4.69) is 33.4 Å². The van der Waals surface area contributed by atoms with E-state index in [-0.39, 0.29) is 5.78 Å². The zero-order valence-electron chi connectivity index (χ0n) is 14.3. The van der Waals surface area contributed by atoms with E-state index in [1.165, 1.54) is 17.5 Å². The van der Waals surface area contributed by atoms with E-state index in [0.717, 1.165) is 41.3 Å². The number of rotatable bonds is 7. The summed E-state index contributed by atoms with van der Waals surface area (Å²) < 4.78 is 2.23. The Kier molecular flexibility index (Phi) is 5.04. The zero-order valence-corrected chi connectivity index (χ0v) is 15.1. The number of imidazole rings is 1. The lowest BCUT2D eigenvalue weighted by Gasteiger charge is -2.08. The van der Waals surface area contributed by atoms with Crippen molar-refractivity contribution in [1.29, 1.82) is 0 Å². The van der Waals surface area contributed by atoms with Crippen molar-refractivity contribution in [3.05, 3.63) is 41.5 Å². The average molecular weight is 342 g/mol. The number of hydrogen-bond acceptors (Lipinski definition) is 4. The Bertz CT molecular complexity index is 865. The van der Waals surface area contributed by atoms with Crippen LogP contribution in [0.1, 0.15) is 41.5 Å². The van der Waals surface area contributed by atoms with Gasteiger partial charge in [-0.15, -0.1) is 0 Å². The summed E-state index contributed by atoms with van der Waals surface area (Å²) >= 11 is 1.52. The van der Waals surface area contributed by atoms with Crippen LogP contribution in [-0.2, 0) is 6.54 Å². The standard InChI is InChI=1S/C18H22N4OS/c1-4-5-9-22-13(3)12(2)21-18(22)24-11-16(23)15-10-20-17-14(15)7-6-8-19-17/h6-8,10H,4-5,9,11H2,1-3H3,(H,19,20). The highest BCUT2D eigenvalue weighted by molar-refractivity contribution is 7.99. The number of H-pyrrole nitrogens is 1. The summed E-state index contributed by atoms with van der Waals surface area (Å²) in [4.78, 5) is 24.5. The topological polar surface area (TPSA) is 63.6 Å². The van der Waals surface area contributed by atoms with Gasteiger partial charge in [0.1, 0.15) is 5.65 Å². The van der Waals surface area contributed by atoms with E-state index >= 15 is 0 Å². The summed E-state index contributed by atoms with van der Waals surface area (Å²) in [7, 11) is 0. The van der Waals surface area contributed by atoms with Crippen LogP contribution in [0.3, 0.4) is 0 Å². The normalized spacial score (nSPS) is 11.3. The summed E-state index contributed by atoms with van der Waals surface area (Å²) in [6.07, 6.45) is 5.73. The van der Waals surface area contributed by atoms with Gasteiger partial charge in [0.15, 0.2) is 10.9 Å². The van der Waals surface area contributed by atoms with Crippen LogP contribution >= 0.6 is 11.8 Å². The molecule has 3 rings (SSSR count). The molecule has 6 heteroatoms. The van der Waals surface area contributed by atoms with Crippen molar-refractivity contribution in [1.82, 2.24) is 19.5 Å². The zero-order chi connectivity index (χ0) is 17.1. The molecule has 0 amide bonds. The Morgan fingerprint density at radius 3 is 3.00 bits per heavy atom. The number of nitrogens with one attached hydrogen (secondary N) is 1. The van der Waals surface area contributed by atoms with Crippen molar-refractivity contribution in [3.8, 4) is 0 Å². The molecular weight excluding hydrogens is 320 g/mol. The Labute approximate surface area is 145 Å². The van der Waals surface area contributed by atoms with Gasteiger partial charge in [-0.1, -0.05) is 25.1 Å². The summed E-state index contributed by atoms with van der Waals surface area (Å²) in [5.74, 6) is 0.476. The molecule has 0 aliphatic heterocycles. The predicted octanol–water partition coefficient (Wildman–Crippen LogP) is 4.15. The van der Waals surface area contributed by atoms with E-state index in [9.17, 15) is 4.79 Å². The highest BCUT2D eigenvalue weighted by Crippen LogP contribution is 2.24. The van der Waals surface area contributed by atoms with Crippen molar-refractivity contribution >= 4 is 28.6 Å². The number of Topliss-reactive ketones (excluding diaryl/α,β-unsaturated/α-hetero) is 1. The van der Waals surface area contributed by atoms with Gasteiger partial charge in [-0.25, -0.2) is 9.97 Å². The van der Waals surface area contributed by atoms with Crippen LogP contribution in [0, 0.1) is 13.8 Å². The number of thioether (sulfide) groups is 1. The molecule has 0 unspecified atom stereocenters. The largest absolute Gasteiger partial charge is 0.345 e. The van der Waals surface area contributed by atoms with Crippen molar-refractivity contribution in [2.75, 3.05) is 5.75 Å². The minimum atomic E-state index is 0.0968. The van der Waals surface area contributed by atoms with Gasteiger partial charge in [0.2, 0.25) is 0 Å². The van der Waals surface area contributed by atoms with Gasteiger partial charge in [0.05, 0.1) is 11.4 Å². The number of pyridine rings is 1. The van der Waals surface area contributed by atoms with Crippen molar-refractivity contribution < 1.29 is 4.79 Å². The van der Waals surface area contributed by atoms with Gasteiger partial charge in [-0.3, -0.25) is 4.79 Å². The highest BCUT2D eigenvalue weighted by Gasteiger charge is 2.16. The second-order valence-electron chi connectivity index (χ2n) is 5.88. The Hall–Kier alpha value is -2.08. The fourth-order valence-electron chi connectivity index (χ4n) is 2.71. The van der Waals surface area contributed by atoms with Gasteiger partial charge in [0, 0.05) is 35.6 Å². The number of ketones is 1. The maximum atomic E-state index is 12.6. The molecule has 0 spiro atoms. The number of unbranched alkanes of at least 4 members (excludes halogenated alkanes) is 1. The molecule has 3 heterocycles. The number of aromatic amines is 1. The van der Waals surface area contributed by atoms with Crippen molar-refractivity contribution in [2.45, 2.75) is 45.3 Å². The van der Waals surface area contributed by atoms with Gasteiger partial charge < -0.3 is 9.55 Å². The number of carbonyl (C=O) groups excluding carboxylic acids is 1. The molecule has 3 aromatic rings. The molecule has 0 aromatic carbocycles. The summed E-state index contributed by atoms with van der Waals surface area (Å²) in [6.45, 7) is 7.25. The smallest absolute Gasteiger partial charge is 0.175 e. The van der Waals surface area contributed by atoms with Crippen LogP contribution < -0.4 is 0 Å². The van der Waals surface area contributed by atoms with E-state index in [1.54, 1.807) is 12.4 Å². The van der Waals surface area contributed by atoms with Crippen molar-refractivity contribution in [3.63, 3.8) is 0 Å². The van der Waals surface area contributed by atoms with Gasteiger partial charge in [-0.05, 0) is 32.4 Å². The predicted molar refractivity (Wildman–Crippen MR) is 97.8 cm³/mol. The van der Waals surface area contributed by atoms with E-state index < -0.39 is 0 Å². The summed E-state index contributed by atoms with van der Waals surface area (Å²) in [5, 5.41) is 1.81. The fourth-order valence-corrected chi connectivity index (χ4v) is 3.71. The van der Waals surface area contributed by atoms with Gasteiger partial charge >= 0.3 is 0 Å². The molecule has 24 heavy (non-hydrogen) atoms. The summed E-state index contributed by atoms with van der Waals surface area (Å²) in [6, 6.07) is 3.78. The molecule has 126 valence electrons. The molecule has 3 aromatic heterocycles. The number of carbonyl (C=O) groups is 1. The number of aromatic nitrogens is 4. The minimum Gasteiger partial charge on any atom is -0.345 e. The third-order valence-corrected chi connectivity index (χ3v) is 5.22. The number of nitrogens with zero attached hydrogens (tertiary/aromatic N) is 3. The molecule has 0 saturated carbocycles. The number of aryl methyl sites for hydroxylation is 1. The van der Waals surface area contributed by atoms with Crippen molar-refractivity contribution in [2.24, 2.45) is 0 Å². The second kappa shape index (κ2) is 7.21. The number of hydrogen-bond donors (Lipinski definition) is 1. The molecule has 0 radical (unpaired) electrons. The maximum Gasteiger partial charge on any atom is 0.175 e. The second-order valence-corrected chi connectivity index (χ2v) is 6.83. The molecule has 0 aliphatic rings. The van der Waals surface area contributed by atoms with Crippen LogP contribution in [0.4, 0.5) is 0 Å². The first-order chi connectivity index (χ1) is 11.6. The van der Waals surface area contributed by atoms with E-state index in [1.807, 2.05) is 19.1 Å². The monoisotopic (exact) mass is 342 g/mol. The van der Waals surface area contributed by atoms with Crippen LogP contribution in [0.5, 0.6) is 0 Å². The van der Waals surface area contributed by atoms with Crippen LogP contribution in [-0.4, -0.2) is 31.1 Å². The molecule has 0 bridgehead atoms.